The SMILES string of the molecule is C=Cc1ccc(-c2ccc(-c3ccc(CCC(=C)/C=C(/F)C(=C)OCC)cc3)c(F)c2F)cc1. The molecular weight excluding hydrogens is 433 g/mol. The van der Waals surface area contributed by atoms with Gasteiger partial charge >= 0.3 is 0 Å². The van der Waals surface area contributed by atoms with E-state index in [0.717, 1.165) is 11.1 Å². The molecule has 0 radical (unpaired) electrons. The molecule has 1 nitrogen and oxygen atoms in total. The molecule has 0 unspecified atom stereocenters. The maximum Gasteiger partial charge on any atom is 0.167 e. The Labute approximate surface area is 199 Å². The summed E-state index contributed by atoms with van der Waals surface area (Å²) in [5.41, 5.74) is 4.06. The lowest BCUT2D eigenvalue weighted by atomic mass is 9.97. The fraction of sp³-hybridized carbons (Fsp3) is 0.133. The molecule has 0 aromatic heterocycles. The molecule has 3 aromatic carbocycles. The first-order chi connectivity index (χ1) is 16.3. The Morgan fingerprint density at radius 1 is 0.853 bits per heavy atom. The Morgan fingerprint density at radius 3 is 1.88 bits per heavy atom. The first-order valence-corrected chi connectivity index (χ1v) is 11.0. The van der Waals surface area contributed by atoms with Crippen molar-refractivity contribution < 1.29 is 17.9 Å². The Morgan fingerprint density at radius 2 is 1.38 bits per heavy atom. The molecule has 0 amide bonds. The van der Waals surface area contributed by atoms with Gasteiger partial charge in [0.15, 0.2) is 17.5 Å². The fourth-order valence-corrected chi connectivity index (χ4v) is 3.53. The minimum Gasteiger partial charge on any atom is -0.491 e. The molecule has 0 aliphatic rings. The second kappa shape index (κ2) is 11.4. The third kappa shape index (κ3) is 5.96. The van der Waals surface area contributed by atoms with Gasteiger partial charge in [-0.05, 0) is 48.1 Å². The van der Waals surface area contributed by atoms with Gasteiger partial charge in [-0.25, -0.2) is 13.2 Å². The van der Waals surface area contributed by atoms with Gasteiger partial charge in [0, 0.05) is 11.1 Å². The van der Waals surface area contributed by atoms with Gasteiger partial charge in [-0.2, -0.15) is 0 Å². The number of allylic oxidation sites excluding steroid dienone is 3. The number of ether oxygens (including phenoxy) is 1. The van der Waals surface area contributed by atoms with E-state index in [1.807, 2.05) is 12.1 Å². The van der Waals surface area contributed by atoms with E-state index in [1.54, 1.807) is 61.5 Å². The minimum atomic E-state index is -0.887. The molecule has 0 atom stereocenters. The van der Waals surface area contributed by atoms with Gasteiger partial charge in [-0.15, -0.1) is 0 Å². The van der Waals surface area contributed by atoms with Crippen molar-refractivity contribution in [3.05, 3.63) is 126 Å². The number of aryl methyl sites for hydroxylation is 1. The van der Waals surface area contributed by atoms with E-state index in [2.05, 4.69) is 19.7 Å². The van der Waals surface area contributed by atoms with Crippen LogP contribution in [0.2, 0.25) is 0 Å². The molecule has 0 heterocycles. The number of hydrogen-bond acceptors (Lipinski definition) is 1. The van der Waals surface area contributed by atoms with Crippen molar-refractivity contribution in [3.8, 4) is 22.3 Å². The van der Waals surface area contributed by atoms with Crippen molar-refractivity contribution in [2.24, 2.45) is 0 Å². The molecule has 3 aromatic rings. The second-order valence-corrected chi connectivity index (χ2v) is 7.82. The van der Waals surface area contributed by atoms with Crippen molar-refractivity contribution in [2.75, 3.05) is 6.61 Å². The number of rotatable bonds is 10. The van der Waals surface area contributed by atoms with E-state index in [9.17, 15) is 13.2 Å². The molecule has 0 spiro atoms. The molecule has 0 fully saturated rings. The summed E-state index contributed by atoms with van der Waals surface area (Å²) in [5.74, 6) is -2.32. The van der Waals surface area contributed by atoms with Crippen LogP contribution in [0.25, 0.3) is 28.3 Å². The van der Waals surface area contributed by atoms with Crippen LogP contribution in [0.1, 0.15) is 24.5 Å². The van der Waals surface area contributed by atoms with Crippen LogP contribution in [-0.2, 0) is 11.2 Å². The highest BCUT2D eigenvalue weighted by atomic mass is 19.2. The van der Waals surface area contributed by atoms with E-state index < -0.39 is 17.5 Å². The predicted octanol–water partition coefficient (Wildman–Crippen LogP) is 8.83. The third-order valence-electron chi connectivity index (χ3n) is 5.46. The molecule has 0 aliphatic heterocycles. The second-order valence-electron chi connectivity index (χ2n) is 7.82. The normalized spacial score (nSPS) is 11.2. The van der Waals surface area contributed by atoms with Crippen LogP contribution >= 0.6 is 0 Å². The zero-order valence-electron chi connectivity index (χ0n) is 19.2. The van der Waals surface area contributed by atoms with Gasteiger partial charge in [0.1, 0.15) is 5.76 Å². The quantitative estimate of drug-likeness (QED) is 0.217. The summed E-state index contributed by atoms with van der Waals surface area (Å²) in [4.78, 5) is 0. The van der Waals surface area contributed by atoms with Gasteiger partial charge in [0.05, 0.1) is 6.61 Å². The largest absolute Gasteiger partial charge is 0.491 e. The molecule has 0 bridgehead atoms. The van der Waals surface area contributed by atoms with E-state index in [1.165, 1.54) is 6.08 Å². The van der Waals surface area contributed by atoms with Crippen LogP contribution < -0.4 is 0 Å². The highest BCUT2D eigenvalue weighted by Crippen LogP contribution is 2.32. The lowest BCUT2D eigenvalue weighted by Gasteiger charge is -2.10. The van der Waals surface area contributed by atoms with Crippen molar-refractivity contribution in [2.45, 2.75) is 19.8 Å². The van der Waals surface area contributed by atoms with Gasteiger partial charge in [-0.1, -0.05) is 92.0 Å². The van der Waals surface area contributed by atoms with Gasteiger partial charge in [0.2, 0.25) is 0 Å². The maximum absolute atomic E-state index is 14.9. The van der Waals surface area contributed by atoms with Crippen LogP contribution in [0.3, 0.4) is 0 Å². The molecule has 174 valence electrons. The van der Waals surface area contributed by atoms with Crippen LogP contribution in [0, 0.1) is 11.6 Å². The number of halogens is 3. The highest BCUT2D eigenvalue weighted by molar-refractivity contribution is 5.72. The summed E-state index contributed by atoms with van der Waals surface area (Å²) in [6.07, 6.45) is 4.17. The Hall–Kier alpha value is -3.79. The van der Waals surface area contributed by atoms with Crippen molar-refractivity contribution >= 4 is 6.08 Å². The van der Waals surface area contributed by atoms with E-state index in [4.69, 9.17) is 4.74 Å². The molecule has 34 heavy (non-hydrogen) atoms. The fourth-order valence-electron chi connectivity index (χ4n) is 3.53. The van der Waals surface area contributed by atoms with E-state index in [-0.39, 0.29) is 16.9 Å². The topological polar surface area (TPSA) is 9.23 Å². The standard InChI is InChI=1S/C30H27F3O/c1-5-22-9-13-24(14-10-22)26-17-18-27(30(33)29(26)32)25-15-11-23(12-16-25)8-7-20(3)19-28(31)21(4)34-6-2/h5,9-19H,1,3-4,6-8H2,2H3/b28-19+. The van der Waals surface area contributed by atoms with E-state index >= 15 is 0 Å². The van der Waals surface area contributed by atoms with Crippen LogP contribution in [-0.4, -0.2) is 6.61 Å². The highest BCUT2D eigenvalue weighted by Gasteiger charge is 2.16. The summed E-state index contributed by atoms with van der Waals surface area (Å²) in [6, 6.07) is 17.5. The molecular formula is C30H27F3O. The first-order valence-electron chi connectivity index (χ1n) is 11.0. The first kappa shape index (κ1) is 24.8. The van der Waals surface area contributed by atoms with Gasteiger partial charge < -0.3 is 4.74 Å². The molecule has 0 N–H and O–H groups in total. The van der Waals surface area contributed by atoms with Crippen molar-refractivity contribution in [1.82, 2.24) is 0 Å². The number of hydrogen-bond donors (Lipinski definition) is 0. The van der Waals surface area contributed by atoms with Gasteiger partial charge in [0.25, 0.3) is 0 Å². The molecule has 4 heteroatoms. The Bertz CT molecular complexity index is 1220. The van der Waals surface area contributed by atoms with Crippen LogP contribution in [0.5, 0.6) is 0 Å². The zero-order chi connectivity index (χ0) is 24.7. The summed E-state index contributed by atoms with van der Waals surface area (Å²) < 4.78 is 48.8. The lowest BCUT2D eigenvalue weighted by molar-refractivity contribution is 0.226. The van der Waals surface area contributed by atoms with Crippen LogP contribution in [0.15, 0.2) is 104 Å². The third-order valence-corrected chi connectivity index (χ3v) is 5.46. The maximum atomic E-state index is 14.9. The molecule has 3 rings (SSSR count). The molecule has 0 saturated carbocycles. The summed E-state index contributed by atoms with van der Waals surface area (Å²) in [5, 5.41) is 0. The minimum absolute atomic E-state index is 0.0120. The lowest BCUT2D eigenvalue weighted by Crippen LogP contribution is -1.95. The molecule has 0 aliphatic carbocycles. The smallest absolute Gasteiger partial charge is 0.167 e. The van der Waals surface area contributed by atoms with Crippen LogP contribution in [0.4, 0.5) is 13.2 Å². The Balaban J connectivity index is 1.71. The summed E-state index contributed by atoms with van der Waals surface area (Å²) in [6.45, 7) is 13.2. The predicted molar refractivity (Wildman–Crippen MR) is 135 cm³/mol. The summed E-state index contributed by atoms with van der Waals surface area (Å²) in [7, 11) is 0. The van der Waals surface area contributed by atoms with Crippen molar-refractivity contribution in [1.29, 1.82) is 0 Å². The zero-order valence-corrected chi connectivity index (χ0v) is 19.2. The summed E-state index contributed by atoms with van der Waals surface area (Å²) >= 11 is 0. The number of benzene rings is 3. The van der Waals surface area contributed by atoms with Crippen molar-refractivity contribution in [3.63, 3.8) is 0 Å². The Kier molecular flexibility index (Phi) is 8.31. The monoisotopic (exact) mass is 460 g/mol. The average Bonchev–Trinajstić information content (AvgIpc) is 2.85. The van der Waals surface area contributed by atoms with E-state index in [0.29, 0.717) is 36.1 Å². The van der Waals surface area contributed by atoms with Gasteiger partial charge in [-0.3, -0.25) is 0 Å². The molecule has 0 saturated heterocycles. The average molecular weight is 461 g/mol.